The van der Waals surface area contributed by atoms with Gasteiger partial charge >= 0.3 is 0 Å². The lowest BCUT2D eigenvalue weighted by Gasteiger charge is -2.31. The van der Waals surface area contributed by atoms with Crippen LogP contribution in [0.1, 0.15) is 34.7 Å². The van der Waals surface area contributed by atoms with Crippen molar-refractivity contribution in [2.75, 3.05) is 13.1 Å². The molecule has 1 aliphatic heterocycles. The van der Waals surface area contributed by atoms with Crippen molar-refractivity contribution >= 4 is 17.9 Å². The third-order valence-corrected chi connectivity index (χ3v) is 4.26. The number of benzene rings is 1. The monoisotopic (exact) mass is 357 g/mol. The first-order valence-electron chi connectivity index (χ1n) is 8.48. The fourth-order valence-corrected chi connectivity index (χ4v) is 2.85. The van der Waals surface area contributed by atoms with Gasteiger partial charge in [-0.1, -0.05) is 17.3 Å². The van der Waals surface area contributed by atoms with Crippen molar-refractivity contribution in [3.63, 3.8) is 0 Å². The van der Waals surface area contributed by atoms with Gasteiger partial charge in [-0.25, -0.2) is 4.39 Å². The zero-order chi connectivity index (χ0) is 18.5. The number of rotatable bonds is 4. The fraction of sp³-hybridized carbons (Fsp3) is 0.316. The summed E-state index contributed by atoms with van der Waals surface area (Å²) in [6.45, 7) is 2.85. The fourth-order valence-electron chi connectivity index (χ4n) is 2.85. The van der Waals surface area contributed by atoms with E-state index in [0.29, 0.717) is 37.2 Å². The number of aryl methyl sites for hydroxylation is 1. The molecule has 2 amide bonds. The van der Waals surface area contributed by atoms with E-state index in [1.54, 1.807) is 36.1 Å². The Morgan fingerprint density at radius 1 is 1.31 bits per heavy atom. The van der Waals surface area contributed by atoms with Crippen molar-refractivity contribution in [2.24, 2.45) is 0 Å². The number of halogens is 1. The van der Waals surface area contributed by atoms with Crippen molar-refractivity contribution in [3.8, 4) is 0 Å². The number of likely N-dealkylation sites (tertiary alicyclic amines) is 1. The van der Waals surface area contributed by atoms with Gasteiger partial charge in [0, 0.05) is 31.3 Å². The minimum atomic E-state index is -0.335. The molecule has 6 nitrogen and oxygen atoms in total. The highest BCUT2D eigenvalue weighted by Gasteiger charge is 2.24. The topological polar surface area (TPSA) is 75.4 Å². The average Bonchev–Trinajstić information content (AvgIpc) is 3.07. The maximum absolute atomic E-state index is 13.1. The van der Waals surface area contributed by atoms with E-state index in [0.717, 1.165) is 0 Å². The zero-order valence-electron chi connectivity index (χ0n) is 14.4. The molecule has 0 saturated carbocycles. The Bertz CT molecular complexity index is 823. The Hall–Kier alpha value is -2.96. The lowest BCUT2D eigenvalue weighted by molar-refractivity contribution is -0.127. The van der Waals surface area contributed by atoms with E-state index in [2.05, 4.69) is 10.5 Å². The number of nitrogens with one attached hydrogen (secondary N) is 1. The summed E-state index contributed by atoms with van der Waals surface area (Å²) in [7, 11) is 0. The summed E-state index contributed by atoms with van der Waals surface area (Å²) in [5.41, 5.74) is 1.29. The molecule has 1 saturated heterocycles. The van der Waals surface area contributed by atoms with Gasteiger partial charge in [0.1, 0.15) is 5.82 Å². The molecule has 2 aromatic rings. The molecule has 1 fully saturated rings. The highest BCUT2D eigenvalue weighted by molar-refractivity contribution is 5.92. The van der Waals surface area contributed by atoms with Gasteiger partial charge in [-0.3, -0.25) is 9.59 Å². The van der Waals surface area contributed by atoms with Crippen LogP contribution in [0.3, 0.4) is 0 Å². The molecular weight excluding hydrogens is 337 g/mol. The molecule has 7 heteroatoms. The summed E-state index contributed by atoms with van der Waals surface area (Å²) >= 11 is 0. The maximum Gasteiger partial charge on any atom is 0.290 e. The van der Waals surface area contributed by atoms with Crippen LogP contribution in [-0.2, 0) is 4.79 Å². The summed E-state index contributed by atoms with van der Waals surface area (Å²) in [6, 6.07) is 7.65. The zero-order valence-corrected chi connectivity index (χ0v) is 14.4. The standard InChI is InChI=1S/C19H20FN3O3/c1-13-11-17(26-22-13)19(25)21-16-7-9-23(10-8-16)18(24)6-5-14-3-2-4-15(20)12-14/h2-6,11-12,16H,7-10H2,1H3,(H,21,25). The quantitative estimate of drug-likeness (QED) is 0.854. The number of carbonyl (C=O) groups is 2. The lowest BCUT2D eigenvalue weighted by Crippen LogP contribution is -2.46. The molecule has 1 aromatic heterocycles. The Kier molecular flexibility index (Phi) is 5.46. The lowest BCUT2D eigenvalue weighted by atomic mass is 10.0. The van der Waals surface area contributed by atoms with Gasteiger partial charge < -0.3 is 14.7 Å². The van der Waals surface area contributed by atoms with Crippen LogP contribution in [-0.4, -0.2) is 41.0 Å². The van der Waals surface area contributed by atoms with Crippen molar-refractivity contribution in [1.29, 1.82) is 0 Å². The Morgan fingerprint density at radius 3 is 2.73 bits per heavy atom. The van der Waals surface area contributed by atoms with Crippen LogP contribution in [0.2, 0.25) is 0 Å². The first-order valence-corrected chi connectivity index (χ1v) is 8.48. The van der Waals surface area contributed by atoms with Gasteiger partial charge in [0.2, 0.25) is 11.7 Å². The van der Waals surface area contributed by atoms with Crippen LogP contribution in [0.25, 0.3) is 6.08 Å². The van der Waals surface area contributed by atoms with Crippen LogP contribution in [0.15, 0.2) is 40.9 Å². The van der Waals surface area contributed by atoms with Crippen LogP contribution in [0.5, 0.6) is 0 Å². The molecule has 0 atom stereocenters. The van der Waals surface area contributed by atoms with E-state index in [4.69, 9.17) is 4.52 Å². The van der Waals surface area contributed by atoms with E-state index in [1.165, 1.54) is 18.2 Å². The van der Waals surface area contributed by atoms with Gasteiger partial charge in [-0.2, -0.15) is 0 Å². The molecule has 26 heavy (non-hydrogen) atoms. The van der Waals surface area contributed by atoms with Crippen molar-refractivity contribution in [3.05, 3.63) is 59.2 Å². The van der Waals surface area contributed by atoms with Gasteiger partial charge in [-0.05, 0) is 43.5 Å². The molecule has 0 radical (unpaired) electrons. The van der Waals surface area contributed by atoms with Gasteiger partial charge in [0.25, 0.3) is 5.91 Å². The molecule has 1 N–H and O–H groups in total. The van der Waals surface area contributed by atoms with E-state index >= 15 is 0 Å². The summed E-state index contributed by atoms with van der Waals surface area (Å²) < 4.78 is 18.1. The molecule has 2 heterocycles. The molecule has 136 valence electrons. The number of piperidine rings is 1. The van der Waals surface area contributed by atoms with E-state index in [9.17, 15) is 14.0 Å². The number of aromatic nitrogens is 1. The number of amides is 2. The van der Waals surface area contributed by atoms with Gasteiger partial charge in [0.05, 0.1) is 5.69 Å². The van der Waals surface area contributed by atoms with Crippen molar-refractivity contribution in [1.82, 2.24) is 15.4 Å². The van der Waals surface area contributed by atoms with E-state index in [1.807, 2.05) is 0 Å². The number of hydrogen-bond acceptors (Lipinski definition) is 4. The average molecular weight is 357 g/mol. The van der Waals surface area contributed by atoms with Crippen LogP contribution < -0.4 is 5.32 Å². The predicted molar refractivity (Wildman–Crippen MR) is 93.7 cm³/mol. The number of nitrogens with zero attached hydrogens (tertiary/aromatic N) is 2. The molecule has 0 bridgehead atoms. The Labute approximate surface area is 150 Å². The summed E-state index contributed by atoms with van der Waals surface area (Å²) in [5, 5.41) is 6.60. The molecular formula is C19H20FN3O3. The second kappa shape index (κ2) is 7.95. The molecule has 0 unspecified atom stereocenters. The van der Waals surface area contributed by atoms with E-state index < -0.39 is 0 Å². The van der Waals surface area contributed by atoms with Crippen LogP contribution in [0, 0.1) is 12.7 Å². The summed E-state index contributed by atoms with van der Waals surface area (Å²) in [5.74, 6) is -0.552. The summed E-state index contributed by atoms with van der Waals surface area (Å²) in [6.07, 6.45) is 4.38. The van der Waals surface area contributed by atoms with Crippen molar-refractivity contribution < 1.29 is 18.5 Å². The van der Waals surface area contributed by atoms with Gasteiger partial charge in [0.15, 0.2) is 0 Å². The SMILES string of the molecule is Cc1cc(C(=O)NC2CCN(C(=O)C=Cc3cccc(F)c3)CC2)on1. The minimum Gasteiger partial charge on any atom is -0.351 e. The highest BCUT2D eigenvalue weighted by atomic mass is 19.1. The largest absolute Gasteiger partial charge is 0.351 e. The molecule has 1 aliphatic rings. The normalized spacial score (nSPS) is 15.4. The third-order valence-electron chi connectivity index (χ3n) is 4.26. The number of hydrogen-bond donors (Lipinski definition) is 1. The Morgan fingerprint density at radius 2 is 2.08 bits per heavy atom. The molecule has 0 spiro atoms. The van der Waals surface area contributed by atoms with Crippen LogP contribution in [0.4, 0.5) is 4.39 Å². The maximum atomic E-state index is 13.1. The van der Waals surface area contributed by atoms with Crippen LogP contribution >= 0.6 is 0 Å². The van der Waals surface area contributed by atoms with Crippen molar-refractivity contribution in [2.45, 2.75) is 25.8 Å². The van der Waals surface area contributed by atoms with Gasteiger partial charge in [-0.15, -0.1) is 0 Å². The highest BCUT2D eigenvalue weighted by Crippen LogP contribution is 2.13. The molecule has 0 aliphatic carbocycles. The molecule has 1 aromatic carbocycles. The third kappa shape index (κ3) is 4.56. The Balaban J connectivity index is 1.48. The minimum absolute atomic E-state index is 0.0100. The first kappa shape index (κ1) is 17.8. The van der Waals surface area contributed by atoms with E-state index in [-0.39, 0.29) is 29.4 Å². The number of carbonyl (C=O) groups excluding carboxylic acids is 2. The predicted octanol–water partition coefficient (Wildman–Crippen LogP) is 2.56. The second-order valence-electron chi connectivity index (χ2n) is 6.29. The first-order chi connectivity index (χ1) is 12.5. The molecule has 3 rings (SSSR count). The second-order valence-corrected chi connectivity index (χ2v) is 6.29. The smallest absolute Gasteiger partial charge is 0.290 e. The summed E-state index contributed by atoms with van der Waals surface area (Å²) in [4.78, 5) is 26.0.